The average Bonchev–Trinajstić information content (AvgIpc) is 2.63. The number of hydrogen-bond donors (Lipinski definition) is 1. The van der Waals surface area contributed by atoms with Crippen LogP contribution < -0.4 is 5.32 Å². The molecule has 4 nitrogen and oxygen atoms in total. The van der Waals surface area contributed by atoms with E-state index in [1.165, 1.54) is 4.88 Å². The van der Waals surface area contributed by atoms with Crippen molar-refractivity contribution in [3.05, 3.63) is 20.8 Å². The van der Waals surface area contributed by atoms with Crippen LogP contribution in [0.5, 0.6) is 0 Å². The topological polar surface area (TPSA) is 41.6 Å². The van der Waals surface area contributed by atoms with Crippen molar-refractivity contribution in [3.63, 3.8) is 0 Å². The third kappa shape index (κ3) is 5.95. The summed E-state index contributed by atoms with van der Waals surface area (Å²) in [7, 11) is 3.57. The minimum atomic E-state index is 0.0256. The zero-order valence-electron chi connectivity index (χ0n) is 10.9. The Labute approximate surface area is 120 Å². The Morgan fingerprint density at radius 3 is 2.89 bits per heavy atom. The molecular formula is C12H19BrN2O2S. The number of halogens is 1. The number of likely N-dealkylation sites (N-methyl/N-ethyl adjacent to an activating group) is 1. The van der Waals surface area contributed by atoms with Crippen LogP contribution in [0, 0.1) is 0 Å². The predicted molar refractivity (Wildman–Crippen MR) is 77.8 cm³/mol. The summed E-state index contributed by atoms with van der Waals surface area (Å²) in [6.07, 6.45) is 0. The SMILES string of the molecule is COCC(C)NC(=O)CN(C)Cc1ccc(Br)s1. The number of amides is 1. The first-order chi connectivity index (χ1) is 8.51. The zero-order chi connectivity index (χ0) is 13.5. The Morgan fingerprint density at radius 1 is 1.61 bits per heavy atom. The van der Waals surface area contributed by atoms with Gasteiger partial charge in [0.2, 0.25) is 5.91 Å². The van der Waals surface area contributed by atoms with Gasteiger partial charge in [0, 0.05) is 24.6 Å². The molecule has 1 atom stereocenters. The molecule has 0 bridgehead atoms. The van der Waals surface area contributed by atoms with Gasteiger partial charge in [-0.3, -0.25) is 9.69 Å². The number of thiophene rings is 1. The Balaban J connectivity index is 2.31. The van der Waals surface area contributed by atoms with Gasteiger partial charge in [-0.05, 0) is 42.0 Å². The highest BCUT2D eigenvalue weighted by molar-refractivity contribution is 9.11. The summed E-state index contributed by atoms with van der Waals surface area (Å²) >= 11 is 5.12. The van der Waals surface area contributed by atoms with Gasteiger partial charge in [-0.2, -0.15) is 0 Å². The van der Waals surface area contributed by atoms with Gasteiger partial charge in [-0.1, -0.05) is 0 Å². The zero-order valence-corrected chi connectivity index (χ0v) is 13.3. The molecule has 1 aromatic heterocycles. The summed E-state index contributed by atoms with van der Waals surface area (Å²) in [6, 6.07) is 4.14. The van der Waals surface area contributed by atoms with Crippen LogP contribution in [-0.4, -0.2) is 44.2 Å². The number of carbonyl (C=O) groups excluding carboxylic acids is 1. The van der Waals surface area contributed by atoms with Crippen LogP contribution in [0.2, 0.25) is 0 Å². The van der Waals surface area contributed by atoms with Gasteiger partial charge >= 0.3 is 0 Å². The van der Waals surface area contributed by atoms with Gasteiger partial charge < -0.3 is 10.1 Å². The molecule has 0 fully saturated rings. The second-order valence-corrected chi connectivity index (χ2v) is 6.85. The molecule has 1 N–H and O–H groups in total. The highest BCUT2D eigenvalue weighted by atomic mass is 79.9. The van der Waals surface area contributed by atoms with Crippen molar-refractivity contribution in [1.29, 1.82) is 0 Å². The number of ether oxygens (including phenoxy) is 1. The molecule has 1 amide bonds. The highest BCUT2D eigenvalue weighted by Crippen LogP contribution is 2.22. The van der Waals surface area contributed by atoms with E-state index < -0.39 is 0 Å². The number of hydrogen-bond acceptors (Lipinski definition) is 4. The minimum Gasteiger partial charge on any atom is -0.383 e. The molecule has 0 aliphatic rings. The first-order valence-corrected chi connectivity index (χ1v) is 7.33. The molecular weight excluding hydrogens is 316 g/mol. The molecule has 102 valence electrons. The van der Waals surface area contributed by atoms with Crippen LogP contribution >= 0.6 is 27.3 Å². The maximum Gasteiger partial charge on any atom is 0.234 e. The smallest absolute Gasteiger partial charge is 0.234 e. The normalized spacial score (nSPS) is 12.7. The summed E-state index contributed by atoms with van der Waals surface area (Å²) in [5.41, 5.74) is 0. The monoisotopic (exact) mass is 334 g/mol. The minimum absolute atomic E-state index is 0.0256. The Hall–Kier alpha value is -0.430. The van der Waals surface area contributed by atoms with Gasteiger partial charge in [-0.15, -0.1) is 11.3 Å². The van der Waals surface area contributed by atoms with Gasteiger partial charge in [0.1, 0.15) is 0 Å². The number of carbonyl (C=O) groups is 1. The molecule has 0 spiro atoms. The first kappa shape index (κ1) is 15.6. The number of nitrogens with one attached hydrogen (secondary N) is 1. The summed E-state index contributed by atoms with van der Waals surface area (Å²) in [5, 5.41) is 2.89. The molecule has 1 unspecified atom stereocenters. The highest BCUT2D eigenvalue weighted by Gasteiger charge is 2.10. The fraction of sp³-hybridized carbons (Fsp3) is 0.583. The van der Waals surface area contributed by atoms with Crippen molar-refractivity contribution in [2.75, 3.05) is 27.3 Å². The molecule has 0 saturated heterocycles. The van der Waals surface area contributed by atoms with Crippen LogP contribution in [0.15, 0.2) is 15.9 Å². The van der Waals surface area contributed by atoms with E-state index in [1.54, 1.807) is 18.4 Å². The fourth-order valence-electron chi connectivity index (χ4n) is 1.62. The molecule has 18 heavy (non-hydrogen) atoms. The standard InChI is InChI=1S/C12H19BrN2O2S/c1-9(8-17-3)14-12(16)7-15(2)6-10-4-5-11(13)18-10/h4-5,9H,6-8H2,1-3H3,(H,14,16). The van der Waals surface area contributed by atoms with Gasteiger partial charge in [0.15, 0.2) is 0 Å². The summed E-state index contributed by atoms with van der Waals surface area (Å²) in [5.74, 6) is 0.0256. The Morgan fingerprint density at radius 2 is 2.33 bits per heavy atom. The maximum atomic E-state index is 11.7. The summed E-state index contributed by atoms with van der Waals surface area (Å²) < 4.78 is 6.09. The Bertz CT molecular complexity index is 384. The first-order valence-electron chi connectivity index (χ1n) is 5.72. The molecule has 6 heteroatoms. The van der Waals surface area contributed by atoms with Gasteiger partial charge in [0.05, 0.1) is 16.9 Å². The molecule has 0 aliphatic carbocycles. The lowest BCUT2D eigenvalue weighted by molar-refractivity contribution is -0.123. The van der Waals surface area contributed by atoms with Crippen molar-refractivity contribution in [2.45, 2.75) is 19.5 Å². The predicted octanol–water partition coefficient (Wildman–Crippen LogP) is 2.09. The molecule has 0 aliphatic heterocycles. The Kier molecular flexibility index (Phi) is 6.85. The van der Waals surface area contributed by atoms with Crippen LogP contribution in [-0.2, 0) is 16.1 Å². The molecule has 1 aromatic rings. The second kappa shape index (κ2) is 7.89. The average molecular weight is 335 g/mol. The number of methoxy groups -OCH3 is 1. The summed E-state index contributed by atoms with van der Waals surface area (Å²) in [6.45, 7) is 3.64. The molecule has 1 heterocycles. The van der Waals surface area contributed by atoms with Crippen molar-refractivity contribution in [3.8, 4) is 0 Å². The molecule has 0 radical (unpaired) electrons. The lowest BCUT2D eigenvalue weighted by Gasteiger charge is -2.18. The van der Waals surface area contributed by atoms with Gasteiger partial charge in [-0.25, -0.2) is 0 Å². The molecule has 0 aromatic carbocycles. The van der Waals surface area contributed by atoms with Crippen LogP contribution in [0.1, 0.15) is 11.8 Å². The molecule has 0 saturated carbocycles. The van der Waals surface area contributed by atoms with Crippen molar-refractivity contribution in [1.82, 2.24) is 10.2 Å². The van der Waals surface area contributed by atoms with E-state index in [0.29, 0.717) is 13.2 Å². The third-order valence-corrected chi connectivity index (χ3v) is 3.90. The van der Waals surface area contributed by atoms with E-state index in [9.17, 15) is 4.79 Å². The second-order valence-electron chi connectivity index (χ2n) is 4.30. The van der Waals surface area contributed by atoms with Gasteiger partial charge in [0.25, 0.3) is 0 Å². The van der Waals surface area contributed by atoms with E-state index in [4.69, 9.17) is 4.74 Å². The fourth-order valence-corrected chi connectivity index (χ4v) is 3.18. The maximum absolute atomic E-state index is 11.7. The largest absolute Gasteiger partial charge is 0.383 e. The third-order valence-electron chi connectivity index (χ3n) is 2.29. The number of rotatable bonds is 7. The van der Waals surface area contributed by atoms with Crippen molar-refractivity contribution < 1.29 is 9.53 Å². The van der Waals surface area contributed by atoms with Crippen molar-refractivity contribution >= 4 is 33.2 Å². The van der Waals surface area contributed by atoms with E-state index >= 15 is 0 Å². The van der Waals surface area contributed by atoms with E-state index in [-0.39, 0.29) is 11.9 Å². The van der Waals surface area contributed by atoms with E-state index in [0.717, 1.165) is 10.3 Å². The van der Waals surface area contributed by atoms with Crippen LogP contribution in [0.25, 0.3) is 0 Å². The van der Waals surface area contributed by atoms with Crippen LogP contribution in [0.4, 0.5) is 0 Å². The quantitative estimate of drug-likeness (QED) is 0.830. The van der Waals surface area contributed by atoms with E-state index in [2.05, 4.69) is 27.3 Å². The van der Waals surface area contributed by atoms with Crippen molar-refractivity contribution in [2.24, 2.45) is 0 Å². The van der Waals surface area contributed by atoms with Crippen LogP contribution in [0.3, 0.4) is 0 Å². The van der Waals surface area contributed by atoms with E-state index in [1.807, 2.05) is 24.9 Å². The lowest BCUT2D eigenvalue weighted by Crippen LogP contribution is -2.41. The lowest BCUT2D eigenvalue weighted by atomic mass is 10.3. The number of nitrogens with zero attached hydrogens (tertiary/aromatic N) is 1. The molecule has 1 rings (SSSR count). The summed E-state index contributed by atoms with van der Waals surface area (Å²) in [4.78, 5) is 15.0.